The number of methoxy groups -OCH3 is 1. The number of sulfonamides is 1. The maximum atomic E-state index is 13.1. The van der Waals surface area contributed by atoms with Gasteiger partial charge in [-0.15, -0.1) is 5.10 Å². The maximum absolute atomic E-state index is 13.1. The van der Waals surface area contributed by atoms with Crippen molar-refractivity contribution in [1.82, 2.24) is 14.5 Å². The second kappa shape index (κ2) is 9.72. The van der Waals surface area contributed by atoms with Gasteiger partial charge in [-0.05, 0) is 55.7 Å². The fourth-order valence-corrected chi connectivity index (χ4v) is 5.75. The zero-order chi connectivity index (χ0) is 23.4. The number of hydrogen-bond donors (Lipinski definition) is 1. The molecule has 0 spiro atoms. The number of nitrogens with zero attached hydrogens (tertiary/aromatic N) is 3. The lowest BCUT2D eigenvalue weighted by molar-refractivity contribution is 0.102. The van der Waals surface area contributed by atoms with Gasteiger partial charge in [0.15, 0.2) is 0 Å². The molecule has 1 saturated heterocycles. The van der Waals surface area contributed by atoms with E-state index in [9.17, 15) is 13.2 Å². The first-order valence-electron chi connectivity index (χ1n) is 10.8. The van der Waals surface area contributed by atoms with Crippen molar-refractivity contribution in [2.24, 2.45) is 0 Å². The second-order valence-electron chi connectivity index (χ2n) is 7.76. The Morgan fingerprint density at radius 3 is 2.64 bits per heavy atom. The Kier molecular flexibility index (Phi) is 6.75. The van der Waals surface area contributed by atoms with Gasteiger partial charge in [0.2, 0.25) is 10.0 Å². The number of amides is 1. The number of piperidine rings is 1. The van der Waals surface area contributed by atoms with Gasteiger partial charge < -0.3 is 9.15 Å². The van der Waals surface area contributed by atoms with Crippen LogP contribution in [0.1, 0.15) is 43.0 Å². The van der Waals surface area contributed by atoms with Gasteiger partial charge in [0.05, 0.1) is 17.6 Å². The number of para-hydroxylation sites is 1. The van der Waals surface area contributed by atoms with Gasteiger partial charge in [-0.1, -0.05) is 30.6 Å². The standard InChI is InChI=1S/C23H26N4O5S/c1-3-17-8-6-7-15-27(17)33(29,30)18-13-11-16(12-14-18)21(28)24-23-26-25-22(32-23)19-9-4-5-10-20(19)31-2/h4-5,9-14,17H,3,6-8,15H2,1-2H3,(H,24,26,28). The molecule has 1 N–H and O–H groups in total. The summed E-state index contributed by atoms with van der Waals surface area (Å²) >= 11 is 0. The minimum Gasteiger partial charge on any atom is -0.496 e. The van der Waals surface area contributed by atoms with E-state index >= 15 is 0 Å². The number of nitrogens with one attached hydrogen (secondary N) is 1. The smallest absolute Gasteiger partial charge is 0.322 e. The molecule has 1 unspecified atom stereocenters. The van der Waals surface area contributed by atoms with Crippen molar-refractivity contribution >= 4 is 21.9 Å². The molecule has 0 saturated carbocycles. The van der Waals surface area contributed by atoms with Crippen LogP contribution in [0, 0.1) is 0 Å². The van der Waals surface area contributed by atoms with Crippen molar-refractivity contribution in [1.29, 1.82) is 0 Å². The van der Waals surface area contributed by atoms with E-state index in [0.717, 1.165) is 25.7 Å². The van der Waals surface area contributed by atoms with Gasteiger partial charge in [-0.25, -0.2) is 8.42 Å². The lowest BCUT2D eigenvalue weighted by Crippen LogP contribution is -2.43. The molecule has 0 aliphatic carbocycles. The third-order valence-electron chi connectivity index (χ3n) is 5.75. The highest BCUT2D eigenvalue weighted by atomic mass is 32.2. The number of aromatic nitrogens is 2. The molecule has 0 radical (unpaired) electrons. The number of rotatable bonds is 7. The highest BCUT2D eigenvalue weighted by Crippen LogP contribution is 2.30. The van der Waals surface area contributed by atoms with E-state index in [2.05, 4.69) is 15.5 Å². The summed E-state index contributed by atoms with van der Waals surface area (Å²) in [6, 6.07) is 13.0. The largest absolute Gasteiger partial charge is 0.496 e. The van der Waals surface area contributed by atoms with Crippen LogP contribution < -0.4 is 10.1 Å². The summed E-state index contributed by atoms with van der Waals surface area (Å²) in [5, 5.41) is 10.4. The summed E-state index contributed by atoms with van der Waals surface area (Å²) in [6.45, 7) is 2.53. The van der Waals surface area contributed by atoms with Crippen LogP contribution in [-0.4, -0.2) is 48.5 Å². The highest BCUT2D eigenvalue weighted by Gasteiger charge is 2.32. The summed E-state index contributed by atoms with van der Waals surface area (Å²) in [5.74, 6) is 0.282. The molecule has 1 amide bonds. The molecule has 1 aliphatic rings. The predicted octanol–water partition coefficient (Wildman–Crippen LogP) is 3.95. The minimum atomic E-state index is -3.61. The Morgan fingerprint density at radius 1 is 1.15 bits per heavy atom. The Morgan fingerprint density at radius 2 is 1.91 bits per heavy atom. The van der Waals surface area contributed by atoms with Crippen molar-refractivity contribution < 1.29 is 22.4 Å². The van der Waals surface area contributed by atoms with E-state index < -0.39 is 15.9 Å². The second-order valence-corrected chi connectivity index (χ2v) is 9.66. The molecule has 33 heavy (non-hydrogen) atoms. The van der Waals surface area contributed by atoms with Gasteiger partial charge in [0.25, 0.3) is 11.8 Å². The fourth-order valence-electron chi connectivity index (χ4n) is 3.99. The third-order valence-corrected chi connectivity index (χ3v) is 7.72. The molecule has 1 atom stereocenters. The van der Waals surface area contributed by atoms with Crippen LogP contribution in [0.2, 0.25) is 0 Å². The van der Waals surface area contributed by atoms with E-state index in [-0.39, 0.29) is 28.4 Å². The Labute approximate surface area is 192 Å². The first kappa shape index (κ1) is 22.9. The molecule has 1 fully saturated rings. The zero-order valence-corrected chi connectivity index (χ0v) is 19.3. The maximum Gasteiger partial charge on any atom is 0.322 e. The summed E-state index contributed by atoms with van der Waals surface area (Å²) in [5.41, 5.74) is 0.877. The molecule has 1 aliphatic heterocycles. The van der Waals surface area contributed by atoms with Gasteiger partial charge in [0, 0.05) is 18.2 Å². The molecule has 2 aromatic carbocycles. The molecule has 0 bridgehead atoms. The van der Waals surface area contributed by atoms with Gasteiger partial charge in [-0.3, -0.25) is 10.1 Å². The van der Waals surface area contributed by atoms with Gasteiger partial charge >= 0.3 is 6.01 Å². The lowest BCUT2D eigenvalue weighted by Gasteiger charge is -2.34. The first-order valence-corrected chi connectivity index (χ1v) is 12.3. The molecule has 174 valence electrons. The quantitative estimate of drug-likeness (QED) is 0.556. The molecule has 2 heterocycles. The van der Waals surface area contributed by atoms with E-state index in [0.29, 0.717) is 17.9 Å². The Balaban J connectivity index is 1.48. The summed E-state index contributed by atoms with van der Waals surface area (Å²) in [6.07, 6.45) is 3.55. The van der Waals surface area contributed by atoms with Gasteiger partial charge in [-0.2, -0.15) is 4.31 Å². The fraction of sp³-hybridized carbons (Fsp3) is 0.348. The highest BCUT2D eigenvalue weighted by molar-refractivity contribution is 7.89. The molecule has 3 aromatic rings. The molecular weight excluding hydrogens is 444 g/mol. The predicted molar refractivity (Wildman–Crippen MR) is 123 cm³/mol. The molecule has 10 heteroatoms. The van der Waals surface area contributed by atoms with Crippen LogP contribution in [0.3, 0.4) is 0 Å². The van der Waals surface area contributed by atoms with Crippen molar-refractivity contribution in [3.63, 3.8) is 0 Å². The average Bonchev–Trinajstić information content (AvgIpc) is 3.32. The molecule has 4 rings (SSSR count). The summed E-state index contributed by atoms with van der Waals surface area (Å²) in [4.78, 5) is 12.8. The van der Waals surface area contributed by atoms with E-state index in [1.165, 1.54) is 31.4 Å². The number of ether oxygens (including phenoxy) is 1. The summed E-state index contributed by atoms with van der Waals surface area (Å²) in [7, 11) is -2.07. The van der Waals surface area contributed by atoms with Crippen LogP contribution >= 0.6 is 0 Å². The molecule has 9 nitrogen and oxygen atoms in total. The average molecular weight is 471 g/mol. The molecule has 1 aromatic heterocycles. The van der Waals surface area contributed by atoms with E-state index in [1.807, 2.05) is 19.1 Å². The summed E-state index contributed by atoms with van der Waals surface area (Å²) < 4.78 is 38.6. The SMILES string of the molecule is CCC1CCCCN1S(=O)(=O)c1ccc(C(=O)Nc2nnc(-c3ccccc3OC)o2)cc1. The number of hydrogen-bond acceptors (Lipinski definition) is 7. The topological polar surface area (TPSA) is 115 Å². The monoisotopic (exact) mass is 470 g/mol. The van der Waals surface area contributed by atoms with Crippen LogP contribution in [0.15, 0.2) is 57.8 Å². The van der Waals surface area contributed by atoms with E-state index in [1.54, 1.807) is 16.4 Å². The van der Waals surface area contributed by atoms with Crippen molar-refractivity contribution in [3.05, 3.63) is 54.1 Å². The number of carbonyl (C=O) groups is 1. The van der Waals surface area contributed by atoms with E-state index in [4.69, 9.17) is 9.15 Å². The zero-order valence-electron chi connectivity index (χ0n) is 18.5. The first-order chi connectivity index (χ1) is 15.9. The van der Waals surface area contributed by atoms with Crippen molar-refractivity contribution in [3.8, 4) is 17.2 Å². The van der Waals surface area contributed by atoms with Crippen LogP contribution in [0.4, 0.5) is 6.01 Å². The van der Waals surface area contributed by atoms with Crippen LogP contribution in [0.5, 0.6) is 5.75 Å². The number of anilines is 1. The number of carbonyl (C=O) groups excluding carboxylic acids is 1. The molecular formula is C23H26N4O5S. The minimum absolute atomic E-state index is 0.0155. The van der Waals surface area contributed by atoms with Crippen LogP contribution in [-0.2, 0) is 10.0 Å². The lowest BCUT2D eigenvalue weighted by atomic mass is 10.0. The number of benzene rings is 2. The van der Waals surface area contributed by atoms with Gasteiger partial charge in [0.1, 0.15) is 5.75 Å². The van der Waals surface area contributed by atoms with Crippen LogP contribution in [0.25, 0.3) is 11.5 Å². The normalized spacial score (nSPS) is 17.0. The Hall–Kier alpha value is -3.24. The Bertz CT molecular complexity index is 1220. The van der Waals surface area contributed by atoms with Crippen molar-refractivity contribution in [2.75, 3.05) is 19.0 Å². The third kappa shape index (κ3) is 4.76. The van der Waals surface area contributed by atoms with Crippen molar-refractivity contribution in [2.45, 2.75) is 43.5 Å².